The van der Waals surface area contributed by atoms with Gasteiger partial charge in [-0.05, 0) is 18.1 Å². The first-order valence-electron chi connectivity index (χ1n) is 6.39. The molecule has 2 N–H and O–H groups in total. The van der Waals surface area contributed by atoms with E-state index < -0.39 is 0 Å². The number of fused-ring (bicyclic) bond motifs is 1. The molecule has 0 aliphatic rings. The first-order valence-corrected chi connectivity index (χ1v) is 6.39. The van der Waals surface area contributed by atoms with Crippen molar-refractivity contribution in [3.05, 3.63) is 42.1 Å². The molecule has 0 bridgehead atoms. The van der Waals surface area contributed by atoms with Crippen LogP contribution >= 0.6 is 0 Å². The van der Waals surface area contributed by atoms with Crippen LogP contribution < -0.4 is 5.32 Å². The zero-order chi connectivity index (χ0) is 13.8. The van der Waals surface area contributed by atoms with Crippen LogP contribution in [-0.4, -0.2) is 28.6 Å². The summed E-state index contributed by atoms with van der Waals surface area (Å²) in [5, 5.41) is 13.0. The molecule has 0 saturated heterocycles. The van der Waals surface area contributed by atoms with Gasteiger partial charge in [-0.15, -0.1) is 0 Å². The first-order chi connectivity index (χ1) is 9.13. The number of rotatable bonds is 4. The summed E-state index contributed by atoms with van der Waals surface area (Å²) in [6.45, 7) is 3.87. The molecule has 0 saturated carbocycles. The lowest BCUT2D eigenvalue weighted by Crippen LogP contribution is -2.41. The van der Waals surface area contributed by atoms with Crippen molar-refractivity contribution in [3.8, 4) is 0 Å². The van der Waals surface area contributed by atoms with Crippen molar-refractivity contribution in [2.24, 2.45) is 5.92 Å². The molecular formula is C15H18N2O2. The van der Waals surface area contributed by atoms with Crippen LogP contribution in [0.25, 0.3) is 10.9 Å². The van der Waals surface area contributed by atoms with Crippen molar-refractivity contribution in [2.75, 3.05) is 6.61 Å². The summed E-state index contributed by atoms with van der Waals surface area (Å²) in [6, 6.07) is 8.99. The SMILES string of the molecule is CC(C)C(CO)NC(=O)c1ccnc2ccccc12. The number of hydrogen-bond acceptors (Lipinski definition) is 3. The Morgan fingerprint density at radius 2 is 2.05 bits per heavy atom. The van der Waals surface area contributed by atoms with Gasteiger partial charge in [0.1, 0.15) is 0 Å². The van der Waals surface area contributed by atoms with Gasteiger partial charge in [0.15, 0.2) is 0 Å². The fraction of sp³-hybridized carbons (Fsp3) is 0.333. The zero-order valence-corrected chi connectivity index (χ0v) is 11.1. The van der Waals surface area contributed by atoms with E-state index in [2.05, 4.69) is 10.3 Å². The summed E-state index contributed by atoms with van der Waals surface area (Å²) in [5.74, 6) is 0.00778. The summed E-state index contributed by atoms with van der Waals surface area (Å²) < 4.78 is 0. The maximum absolute atomic E-state index is 12.3. The van der Waals surface area contributed by atoms with E-state index in [1.54, 1.807) is 12.3 Å². The van der Waals surface area contributed by atoms with Crippen LogP contribution in [0.15, 0.2) is 36.5 Å². The van der Waals surface area contributed by atoms with E-state index in [0.717, 1.165) is 10.9 Å². The van der Waals surface area contributed by atoms with E-state index in [-0.39, 0.29) is 24.5 Å². The third-order valence-corrected chi connectivity index (χ3v) is 3.21. The van der Waals surface area contributed by atoms with E-state index in [1.807, 2.05) is 38.1 Å². The number of hydrogen-bond donors (Lipinski definition) is 2. The fourth-order valence-corrected chi connectivity index (χ4v) is 1.96. The third-order valence-electron chi connectivity index (χ3n) is 3.21. The summed E-state index contributed by atoms with van der Waals surface area (Å²) in [4.78, 5) is 16.5. The number of nitrogens with one attached hydrogen (secondary N) is 1. The molecule has 1 aromatic heterocycles. The minimum absolute atomic E-state index is 0.0631. The van der Waals surface area contributed by atoms with E-state index in [0.29, 0.717) is 5.56 Å². The average molecular weight is 258 g/mol. The number of pyridine rings is 1. The van der Waals surface area contributed by atoms with E-state index in [4.69, 9.17) is 0 Å². The highest BCUT2D eigenvalue weighted by molar-refractivity contribution is 6.06. The Hall–Kier alpha value is -1.94. The Bertz CT molecular complexity index is 576. The molecule has 0 fully saturated rings. The Labute approximate surface area is 112 Å². The fourth-order valence-electron chi connectivity index (χ4n) is 1.96. The van der Waals surface area contributed by atoms with Crippen molar-refractivity contribution < 1.29 is 9.90 Å². The molecule has 4 heteroatoms. The van der Waals surface area contributed by atoms with Gasteiger partial charge in [-0.3, -0.25) is 9.78 Å². The van der Waals surface area contributed by atoms with Crippen LogP contribution in [0.3, 0.4) is 0 Å². The normalized spacial score (nSPS) is 12.6. The first kappa shape index (κ1) is 13.5. The number of aliphatic hydroxyl groups excluding tert-OH is 1. The van der Waals surface area contributed by atoms with Gasteiger partial charge in [0.25, 0.3) is 5.91 Å². The van der Waals surface area contributed by atoms with E-state index in [9.17, 15) is 9.90 Å². The minimum Gasteiger partial charge on any atom is -0.394 e. The number of aliphatic hydroxyl groups is 1. The quantitative estimate of drug-likeness (QED) is 0.881. The number of aromatic nitrogens is 1. The highest BCUT2D eigenvalue weighted by Crippen LogP contribution is 2.16. The van der Waals surface area contributed by atoms with Gasteiger partial charge in [0.2, 0.25) is 0 Å². The Morgan fingerprint density at radius 3 is 2.74 bits per heavy atom. The molecule has 4 nitrogen and oxygen atoms in total. The van der Waals surface area contributed by atoms with Crippen molar-refractivity contribution in [1.29, 1.82) is 0 Å². The largest absolute Gasteiger partial charge is 0.394 e. The zero-order valence-electron chi connectivity index (χ0n) is 11.1. The molecule has 2 aromatic rings. The minimum atomic E-state index is -0.237. The van der Waals surface area contributed by atoms with Gasteiger partial charge < -0.3 is 10.4 Å². The molecule has 1 amide bonds. The summed E-state index contributed by atoms with van der Waals surface area (Å²) >= 11 is 0. The molecule has 0 spiro atoms. The number of carbonyl (C=O) groups is 1. The van der Waals surface area contributed by atoms with Gasteiger partial charge in [-0.2, -0.15) is 0 Å². The van der Waals surface area contributed by atoms with Crippen molar-refractivity contribution >= 4 is 16.8 Å². The second-order valence-corrected chi connectivity index (χ2v) is 4.88. The molecule has 0 aliphatic carbocycles. The van der Waals surface area contributed by atoms with Crippen molar-refractivity contribution in [2.45, 2.75) is 19.9 Å². The van der Waals surface area contributed by atoms with E-state index >= 15 is 0 Å². The Morgan fingerprint density at radius 1 is 1.32 bits per heavy atom. The topological polar surface area (TPSA) is 62.2 Å². The maximum atomic E-state index is 12.3. The van der Waals surface area contributed by atoms with E-state index in [1.165, 1.54) is 0 Å². The van der Waals surface area contributed by atoms with Crippen LogP contribution in [0, 0.1) is 5.92 Å². The molecule has 19 heavy (non-hydrogen) atoms. The summed E-state index contributed by atoms with van der Waals surface area (Å²) in [5.41, 5.74) is 1.38. The molecule has 100 valence electrons. The highest BCUT2D eigenvalue weighted by Gasteiger charge is 2.17. The van der Waals surface area contributed by atoms with Crippen LogP contribution in [-0.2, 0) is 0 Å². The average Bonchev–Trinajstić information content (AvgIpc) is 2.43. The monoisotopic (exact) mass is 258 g/mol. The third kappa shape index (κ3) is 2.90. The smallest absolute Gasteiger partial charge is 0.252 e. The maximum Gasteiger partial charge on any atom is 0.252 e. The number of carbonyl (C=O) groups excluding carboxylic acids is 1. The highest BCUT2D eigenvalue weighted by atomic mass is 16.3. The van der Waals surface area contributed by atoms with Crippen LogP contribution in [0.4, 0.5) is 0 Å². The number of benzene rings is 1. The van der Waals surface area contributed by atoms with Crippen LogP contribution in [0.1, 0.15) is 24.2 Å². The number of nitrogens with zero attached hydrogens (tertiary/aromatic N) is 1. The number of para-hydroxylation sites is 1. The second kappa shape index (κ2) is 5.80. The Balaban J connectivity index is 2.31. The lowest BCUT2D eigenvalue weighted by Gasteiger charge is -2.20. The molecule has 2 rings (SSSR count). The van der Waals surface area contributed by atoms with Crippen LogP contribution in [0.5, 0.6) is 0 Å². The Kier molecular flexibility index (Phi) is 4.12. The van der Waals surface area contributed by atoms with Gasteiger partial charge in [-0.1, -0.05) is 32.0 Å². The predicted molar refractivity (Wildman–Crippen MR) is 74.9 cm³/mol. The van der Waals surface area contributed by atoms with Crippen molar-refractivity contribution in [1.82, 2.24) is 10.3 Å². The molecule has 1 unspecified atom stereocenters. The summed E-state index contributed by atoms with van der Waals surface area (Å²) in [6.07, 6.45) is 1.63. The van der Waals surface area contributed by atoms with Gasteiger partial charge in [0.05, 0.1) is 23.7 Å². The van der Waals surface area contributed by atoms with Gasteiger partial charge >= 0.3 is 0 Å². The van der Waals surface area contributed by atoms with Crippen LogP contribution in [0.2, 0.25) is 0 Å². The molecular weight excluding hydrogens is 240 g/mol. The lowest BCUT2D eigenvalue weighted by molar-refractivity contribution is 0.0898. The molecule has 1 atom stereocenters. The molecule has 1 aromatic carbocycles. The summed E-state index contributed by atoms with van der Waals surface area (Å²) in [7, 11) is 0. The number of amides is 1. The van der Waals surface area contributed by atoms with Crippen molar-refractivity contribution in [3.63, 3.8) is 0 Å². The molecule has 0 radical (unpaired) electrons. The molecule has 0 aliphatic heterocycles. The van der Waals surface area contributed by atoms with Gasteiger partial charge in [-0.25, -0.2) is 0 Å². The second-order valence-electron chi connectivity index (χ2n) is 4.88. The van der Waals surface area contributed by atoms with Gasteiger partial charge in [0, 0.05) is 11.6 Å². The lowest BCUT2D eigenvalue weighted by atomic mass is 10.0. The standard InChI is InChI=1S/C15H18N2O2/c1-10(2)14(9-18)17-15(19)12-7-8-16-13-6-4-3-5-11(12)13/h3-8,10,14,18H,9H2,1-2H3,(H,17,19). The molecule has 1 heterocycles. The predicted octanol–water partition coefficient (Wildman–Crippen LogP) is 1.98.